The first-order valence-electron chi connectivity index (χ1n) is 7.17. The number of pyridine rings is 1. The van der Waals surface area contributed by atoms with E-state index in [0.717, 1.165) is 11.3 Å². The first-order valence-corrected chi connectivity index (χ1v) is 5.67. The van der Waals surface area contributed by atoms with Gasteiger partial charge in [-0.15, -0.1) is 35.4 Å². The predicted octanol–water partition coefficient (Wildman–Crippen LogP) is 4.15. The minimum atomic E-state index is -2.08. The molecule has 2 rings (SSSR count). The van der Waals surface area contributed by atoms with Gasteiger partial charge in [0.1, 0.15) is 0 Å². The van der Waals surface area contributed by atoms with Gasteiger partial charge in [0, 0.05) is 30.4 Å². The van der Waals surface area contributed by atoms with Crippen LogP contribution < -0.4 is 0 Å². The Morgan fingerprint density at radius 1 is 1.17 bits per heavy atom. The maximum Gasteiger partial charge on any atom is 0.0198 e. The molecule has 0 saturated heterocycles. The van der Waals surface area contributed by atoms with Gasteiger partial charge in [0.15, 0.2) is 0 Å². The molecule has 0 aliphatic heterocycles. The van der Waals surface area contributed by atoms with Gasteiger partial charge in [0.25, 0.3) is 0 Å². The summed E-state index contributed by atoms with van der Waals surface area (Å²) in [5.74, 6) is 0. The van der Waals surface area contributed by atoms with Crippen molar-refractivity contribution in [2.45, 2.75) is 33.0 Å². The Hall–Kier alpha value is -0.981. The largest absolute Gasteiger partial charge is 0.304 e. The molecule has 1 heterocycles. The zero-order valence-electron chi connectivity index (χ0n) is 13.7. The van der Waals surface area contributed by atoms with E-state index in [9.17, 15) is 0 Å². The molecule has 0 aliphatic carbocycles. The number of hydrogen-bond acceptors (Lipinski definition) is 1. The van der Waals surface area contributed by atoms with Gasteiger partial charge in [-0.1, -0.05) is 39.8 Å². The SMILES string of the molecule is [2H]C([2H])([2H])c1c[c-]c(-c2ccc(C(C)(C)C)cn2)cc1.[Ir]. The molecule has 0 bridgehead atoms. The number of aromatic nitrogens is 1. The first-order chi connectivity index (χ1) is 9.18. The summed E-state index contributed by atoms with van der Waals surface area (Å²) in [6.07, 6.45) is 1.86. The standard InChI is InChI=1S/C16H18N.Ir/c1-12-5-7-13(8-6-12)15-10-9-14(11-17-15)16(2,3)4;/h5-7,9-11H,1-4H3;/q-1;/i1D3;. The summed E-state index contributed by atoms with van der Waals surface area (Å²) in [6.45, 7) is 4.33. The van der Waals surface area contributed by atoms with Crippen molar-refractivity contribution in [1.82, 2.24) is 4.98 Å². The minimum absolute atomic E-state index is 0. The number of nitrogens with zero attached hydrogens (tertiary/aromatic N) is 1. The number of benzene rings is 1. The Balaban J connectivity index is 0.00000220. The molecule has 0 spiro atoms. The van der Waals surface area contributed by atoms with Gasteiger partial charge in [0.05, 0.1) is 0 Å². The molecule has 1 aromatic heterocycles. The maximum absolute atomic E-state index is 7.34. The second-order valence-electron chi connectivity index (χ2n) is 5.17. The van der Waals surface area contributed by atoms with E-state index in [4.69, 9.17) is 4.11 Å². The van der Waals surface area contributed by atoms with Gasteiger partial charge in [0.2, 0.25) is 0 Å². The summed E-state index contributed by atoms with van der Waals surface area (Å²) >= 11 is 0. The normalized spacial score (nSPS) is 14.1. The third-order valence-electron chi connectivity index (χ3n) is 2.72. The van der Waals surface area contributed by atoms with Crippen LogP contribution in [0.4, 0.5) is 0 Å². The van der Waals surface area contributed by atoms with Crippen molar-refractivity contribution in [3.63, 3.8) is 0 Å². The van der Waals surface area contributed by atoms with Crippen molar-refractivity contribution in [1.29, 1.82) is 0 Å². The summed E-state index contributed by atoms with van der Waals surface area (Å²) in [5, 5.41) is 0. The molecular weight excluding hydrogens is 398 g/mol. The van der Waals surface area contributed by atoms with Crippen molar-refractivity contribution in [3.8, 4) is 11.3 Å². The van der Waals surface area contributed by atoms with Gasteiger partial charge >= 0.3 is 0 Å². The molecule has 0 aliphatic rings. The van der Waals surface area contributed by atoms with Gasteiger partial charge in [-0.2, -0.15) is 0 Å². The number of aryl methyl sites for hydroxylation is 1. The Morgan fingerprint density at radius 3 is 2.39 bits per heavy atom. The average molecular weight is 420 g/mol. The van der Waals surface area contributed by atoms with Crippen molar-refractivity contribution in [2.75, 3.05) is 0 Å². The first kappa shape index (κ1) is 10.9. The maximum atomic E-state index is 7.34. The molecule has 0 atom stereocenters. The zero-order valence-corrected chi connectivity index (χ0v) is 13.1. The van der Waals surface area contributed by atoms with Crippen LogP contribution in [0.2, 0.25) is 0 Å². The number of rotatable bonds is 1. The van der Waals surface area contributed by atoms with Crippen LogP contribution in [0.3, 0.4) is 0 Å². The van der Waals surface area contributed by atoms with E-state index in [1.54, 1.807) is 12.1 Å². The quantitative estimate of drug-likeness (QED) is 0.633. The van der Waals surface area contributed by atoms with Gasteiger partial charge in [-0.25, -0.2) is 0 Å². The fraction of sp³-hybridized carbons (Fsp3) is 0.312. The van der Waals surface area contributed by atoms with Crippen molar-refractivity contribution in [3.05, 3.63) is 53.7 Å². The smallest absolute Gasteiger partial charge is 0.0198 e. The molecule has 1 nitrogen and oxygen atoms in total. The summed E-state index contributed by atoms with van der Waals surface area (Å²) in [6, 6.07) is 11.9. The van der Waals surface area contributed by atoms with Gasteiger partial charge in [-0.3, -0.25) is 0 Å². The van der Waals surface area contributed by atoms with Crippen LogP contribution in [0, 0.1) is 12.9 Å². The van der Waals surface area contributed by atoms with Crippen LogP contribution in [0.1, 0.15) is 36.0 Å². The van der Waals surface area contributed by atoms with E-state index in [-0.39, 0.29) is 25.5 Å². The van der Waals surface area contributed by atoms with E-state index in [0.29, 0.717) is 5.56 Å². The van der Waals surface area contributed by atoms with Crippen LogP contribution in [0.5, 0.6) is 0 Å². The molecule has 97 valence electrons. The van der Waals surface area contributed by atoms with E-state index in [2.05, 4.69) is 31.8 Å². The second kappa shape index (κ2) is 5.77. The molecule has 2 aromatic rings. The van der Waals surface area contributed by atoms with Crippen LogP contribution in [-0.4, -0.2) is 4.98 Å². The molecule has 0 N–H and O–H groups in total. The van der Waals surface area contributed by atoms with E-state index >= 15 is 0 Å². The molecule has 0 fully saturated rings. The predicted molar refractivity (Wildman–Crippen MR) is 71.9 cm³/mol. The molecule has 1 radical (unpaired) electrons. The molecule has 2 heteroatoms. The van der Waals surface area contributed by atoms with Crippen molar-refractivity contribution < 1.29 is 24.2 Å². The molecule has 0 saturated carbocycles. The monoisotopic (exact) mass is 420 g/mol. The summed E-state index contributed by atoms with van der Waals surface area (Å²) < 4.78 is 22.0. The fourth-order valence-electron chi connectivity index (χ4n) is 1.58. The van der Waals surface area contributed by atoms with Crippen LogP contribution in [0.15, 0.2) is 36.5 Å². The Kier molecular flexibility index (Phi) is 3.50. The second-order valence-corrected chi connectivity index (χ2v) is 5.17. The topological polar surface area (TPSA) is 12.9 Å². The third kappa shape index (κ3) is 3.51. The average Bonchev–Trinajstić information content (AvgIpc) is 2.37. The van der Waals surface area contributed by atoms with E-state index < -0.39 is 6.85 Å². The van der Waals surface area contributed by atoms with Gasteiger partial charge in [-0.05, 0) is 16.7 Å². The Bertz CT molecular complexity index is 525. The molecular formula is C16H18IrN-. The Labute approximate surface area is 127 Å². The van der Waals surface area contributed by atoms with E-state index in [1.165, 1.54) is 11.6 Å². The number of hydrogen-bond donors (Lipinski definition) is 0. The summed E-state index contributed by atoms with van der Waals surface area (Å²) in [7, 11) is 0. The zero-order chi connectivity index (χ0) is 15.0. The molecule has 0 amide bonds. The molecule has 18 heavy (non-hydrogen) atoms. The van der Waals surface area contributed by atoms with E-state index in [1.807, 2.05) is 18.3 Å². The van der Waals surface area contributed by atoms with Crippen LogP contribution in [0.25, 0.3) is 11.3 Å². The van der Waals surface area contributed by atoms with Crippen LogP contribution >= 0.6 is 0 Å². The fourth-order valence-corrected chi connectivity index (χ4v) is 1.58. The Morgan fingerprint density at radius 2 is 1.94 bits per heavy atom. The van der Waals surface area contributed by atoms with Crippen molar-refractivity contribution >= 4 is 0 Å². The van der Waals surface area contributed by atoms with Crippen molar-refractivity contribution in [2.24, 2.45) is 0 Å². The van der Waals surface area contributed by atoms with Crippen LogP contribution in [-0.2, 0) is 25.5 Å². The van der Waals surface area contributed by atoms with Gasteiger partial charge < -0.3 is 4.98 Å². The molecule has 1 aromatic carbocycles. The third-order valence-corrected chi connectivity index (χ3v) is 2.72. The summed E-state index contributed by atoms with van der Waals surface area (Å²) in [4.78, 5) is 4.44. The summed E-state index contributed by atoms with van der Waals surface area (Å²) in [5.41, 5.74) is 3.14. The minimum Gasteiger partial charge on any atom is -0.304 e. The molecule has 0 unspecified atom stereocenters.